The summed E-state index contributed by atoms with van der Waals surface area (Å²) in [6, 6.07) is 9.92. The summed E-state index contributed by atoms with van der Waals surface area (Å²) in [6.45, 7) is 0.427. The Balaban J connectivity index is 1.89. The Labute approximate surface area is 149 Å². The van der Waals surface area contributed by atoms with Crippen molar-refractivity contribution in [2.24, 2.45) is 0 Å². The fourth-order valence-corrected chi connectivity index (χ4v) is 2.65. The van der Waals surface area contributed by atoms with Gasteiger partial charge in [-0.05, 0) is 42.3 Å². The molecule has 0 radical (unpaired) electrons. The lowest BCUT2D eigenvalue weighted by Crippen LogP contribution is -2.30. The number of hydrogen-bond donors (Lipinski definition) is 2. The molecule has 4 nitrogen and oxygen atoms in total. The van der Waals surface area contributed by atoms with Crippen molar-refractivity contribution in [1.82, 2.24) is 5.32 Å². The molecule has 0 heterocycles. The highest BCUT2D eigenvalue weighted by atomic mass is 35.5. The fraction of sp³-hybridized carbons (Fsp3) is 0.188. The summed E-state index contributed by atoms with van der Waals surface area (Å²) in [5, 5.41) is 7.12. The maximum absolute atomic E-state index is 11.9. The number of benzene rings is 2. The smallest absolute Gasteiger partial charge is 0.319 e. The number of amides is 2. The molecule has 122 valence electrons. The lowest BCUT2D eigenvalue weighted by Gasteiger charge is -2.12. The molecule has 0 atom stereocenters. The van der Waals surface area contributed by atoms with Crippen molar-refractivity contribution >= 4 is 46.5 Å². The van der Waals surface area contributed by atoms with E-state index in [0.29, 0.717) is 39.5 Å². The van der Waals surface area contributed by atoms with E-state index in [9.17, 15) is 4.79 Å². The predicted molar refractivity (Wildman–Crippen MR) is 95.2 cm³/mol. The van der Waals surface area contributed by atoms with Crippen molar-refractivity contribution in [3.8, 4) is 5.75 Å². The van der Waals surface area contributed by atoms with Crippen LogP contribution in [0.2, 0.25) is 15.1 Å². The zero-order valence-corrected chi connectivity index (χ0v) is 14.6. The summed E-state index contributed by atoms with van der Waals surface area (Å²) in [5.74, 6) is 0.533. The van der Waals surface area contributed by atoms with E-state index in [1.165, 1.54) is 7.11 Å². The molecule has 0 aromatic heterocycles. The molecule has 2 rings (SSSR count). The monoisotopic (exact) mass is 372 g/mol. The van der Waals surface area contributed by atoms with Gasteiger partial charge in [0.2, 0.25) is 0 Å². The zero-order valence-electron chi connectivity index (χ0n) is 12.3. The van der Waals surface area contributed by atoms with Gasteiger partial charge in [0, 0.05) is 21.6 Å². The van der Waals surface area contributed by atoms with Crippen LogP contribution in [0.4, 0.5) is 10.5 Å². The highest BCUT2D eigenvalue weighted by Crippen LogP contribution is 2.27. The molecule has 0 bridgehead atoms. The lowest BCUT2D eigenvalue weighted by atomic mass is 10.1. The highest BCUT2D eigenvalue weighted by Gasteiger charge is 2.08. The van der Waals surface area contributed by atoms with E-state index in [0.717, 1.165) is 5.56 Å². The van der Waals surface area contributed by atoms with Crippen molar-refractivity contribution in [2.45, 2.75) is 6.42 Å². The van der Waals surface area contributed by atoms with Gasteiger partial charge in [-0.3, -0.25) is 0 Å². The van der Waals surface area contributed by atoms with Crippen LogP contribution in [0, 0.1) is 0 Å². The predicted octanol–water partition coefficient (Wildman–Crippen LogP) is 5.02. The van der Waals surface area contributed by atoms with E-state index < -0.39 is 0 Å². The molecule has 0 saturated heterocycles. The van der Waals surface area contributed by atoms with Gasteiger partial charge in [0.25, 0.3) is 0 Å². The molecule has 7 heteroatoms. The van der Waals surface area contributed by atoms with E-state index >= 15 is 0 Å². The van der Waals surface area contributed by atoms with Crippen molar-refractivity contribution in [1.29, 1.82) is 0 Å². The second-order valence-corrected chi connectivity index (χ2v) is 5.99. The van der Waals surface area contributed by atoms with Gasteiger partial charge in [0.05, 0.1) is 12.8 Å². The molecule has 0 aliphatic heterocycles. The Kier molecular flexibility index (Phi) is 6.39. The normalized spacial score (nSPS) is 10.3. The van der Waals surface area contributed by atoms with E-state index in [1.54, 1.807) is 30.3 Å². The number of carbonyl (C=O) groups excluding carboxylic acids is 1. The molecule has 23 heavy (non-hydrogen) atoms. The number of hydrogen-bond acceptors (Lipinski definition) is 2. The van der Waals surface area contributed by atoms with Gasteiger partial charge in [0.1, 0.15) is 5.75 Å². The number of rotatable bonds is 5. The standard InChI is InChI=1S/C16H15Cl3N2O2/c1-23-15-5-4-12(18)9-14(15)21-16(22)20-7-6-10-2-3-11(17)8-13(10)19/h2-5,8-9H,6-7H2,1H3,(H2,20,21,22). The molecule has 2 amide bonds. The van der Waals surface area contributed by atoms with E-state index in [2.05, 4.69) is 10.6 Å². The summed E-state index contributed by atoms with van der Waals surface area (Å²) in [6.07, 6.45) is 0.593. The molecule has 0 aliphatic rings. The molecule has 0 saturated carbocycles. The maximum atomic E-state index is 11.9. The van der Waals surface area contributed by atoms with Gasteiger partial charge < -0.3 is 15.4 Å². The second-order valence-electron chi connectivity index (χ2n) is 4.71. The molecule has 0 aliphatic carbocycles. The first-order chi connectivity index (χ1) is 11.0. The van der Waals surface area contributed by atoms with Gasteiger partial charge in [-0.1, -0.05) is 40.9 Å². The van der Waals surface area contributed by atoms with Gasteiger partial charge >= 0.3 is 6.03 Å². The van der Waals surface area contributed by atoms with Crippen LogP contribution in [0.1, 0.15) is 5.56 Å². The Hall–Kier alpha value is -1.62. The van der Waals surface area contributed by atoms with Crippen molar-refractivity contribution < 1.29 is 9.53 Å². The number of methoxy groups -OCH3 is 1. The van der Waals surface area contributed by atoms with Crippen LogP contribution in [0.25, 0.3) is 0 Å². The van der Waals surface area contributed by atoms with Crippen molar-refractivity contribution in [3.63, 3.8) is 0 Å². The Morgan fingerprint density at radius 3 is 2.48 bits per heavy atom. The van der Waals surface area contributed by atoms with Gasteiger partial charge in [-0.25, -0.2) is 4.79 Å². The van der Waals surface area contributed by atoms with E-state index in [1.807, 2.05) is 6.07 Å². The zero-order chi connectivity index (χ0) is 16.8. The van der Waals surface area contributed by atoms with Gasteiger partial charge in [-0.2, -0.15) is 0 Å². The second kappa shape index (κ2) is 8.29. The number of nitrogens with one attached hydrogen (secondary N) is 2. The minimum atomic E-state index is -0.351. The molecule has 0 fully saturated rings. The quantitative estimate of drug-likeness (QED) is 0.773. The molecule has 2 N–H and O–H groups in total. The fourth-order valence-electron chi connectivity index (χ4n) is 1.98. The van der Waals surface area contributed by atoms with Crippen LogP contribution in [-0.4, -0.2) is 19.7 Å². The summed E-state index contributed by atoms with van der Waals surface area (Å²) >= 11 is 17.9. The number of carbonyl (C=O) groups is 1. The van der Waals surface area contributed by atoms with Gasteiger partial charge in [0.15, 0.2) is 0 Å². The van der Waals surface area contributed by atoms with Gasteiger partial charge in [-0.15, -0.1) is 0 Å². The molecule has 2 aromatic carbocycles. The third kappa shape index (κ3) is 5.20. The third-order valence-electron chi connectivity index (χ3n) is 3.10. The van der Waals surface area contributed by atoms with Crippen LogP contribution < -0.4 is 15.4 Å². The first kappa shape index (κ1) is 17.7. The van der Waals surface area contributed by atoms with Crippen LogP contribution in [0.15, 0.2) is 36.4 Å². The Morgan fingerprint density at radius 2 is 1.78 bits per heavy atom. The minimum absolute atomic E-state index is 0.351. The van der Waals surface area contributed by atoms with E-state index in [-0.39, 0.29) is 6.03 Å². The largest absolute Gasteiger partial charge is 0.495 e. The molecule has 0 spiro atoms. The summed E-state index contributed by atoms with van der Waals surface area (Å²) < 4.78 is 5.17. The molecule has 0 unspecified atom stereocenters. The number of anilines is 1. The lowest BCUT2D eigenvalue weighted by molar-refractivity contribution is 0.252. The average molecular weight is 374 g/mol. The molecular formula is C16H15Cl3N2O2. The van der Waals surface area contributed by atoms with Crippen molar-refractivity contribution in [2.75, 3.05) is 19.0 Å². The minimum Gasteiger partial charge on any atom is -0.495 e. The topological polar surface area (TPSA) is 50.4 Å². The summed E-state index contributed by atoms with van der Waals surface area (Å²) in [4.78, 5) is 11.9. The Morgan fingerprint density at radius 1 is 1.09 bits per heavy atom. The number of urea groups is 1. The third-order valence-corrected chi connectivity index (χ3v) is 3.93. The first-order valence-corrected chi connectivity index (χ1v) is 7.95. The number of halogens is 3. The van der Waals surface area contributed by atoms with Crippen LogP contribution in [0.3, 0.4) is 0 Å². The van der Waals surface area contributed by atoms with Crippen LogP contribution in [0.5, 0.6) is 5.75 Å². The maximum Gasteiger partial charge on any atom is 0.319 e. The summed E-state index contributed by atoms with van der Waals surface area (Å²) in [5.41, 5.74) is 1.42. The van der Waals surface area contributed by atoms with Crippen LogP contribution in [-0.2, 0) is 6.42 Å². The average Bonchev–Trinajstić information content (AvgIpc) is 2.50. The number of ether oxygens (including phenoxy) is 1. The van der Waals surface area contributed by atoms with E-state index in [4.69, 9.17) is 39.5 Å². The van der Waals surface area contributed by atoms with Crippen molar-refractivity contribution in [3.05, 3.63) is 57.0 Å². The molecule has 2 aromatic rings. The Bertz CT molecular complexity index is 708. The highest BCUT2D eigenvalue weighted by molar-refractivity contribution is 6.35. The SMILES string of the molecule is COc1ccc(Cl)cc1NC(=O)NCCc1ccc(Cl)cc1Cl. The first-order valence-electron chi connectivity index (χ1n) is 6.82. The van der Waals surface area contributed by atoms with Crippen LogP contribution >= 0.6 is 34.8 Å². The summed E-state index contributed by atoms with van der Waals surface area (Å²) in [7, 11) is 1.52. The molecular weight excluding hydrogens is 359 g/mol.